The second kappa shape index (κ2) is 13.1. The fraction of sp³-hybridized carbons (Fsp3) is 0.282. The lowest BCUT2D eigenvalue weighted by atomic mass is 9.55. The van der Waals surface area contributed by atoms with Gasteiger partial charge in [-0.3, -0.25) is 24.1 Å². The second-order valence-electron chi connectivity index (χ2n) is 12.9. The highest BCUT2D eigenvalue weighted by molar-refractivity contribution is 7.87. The van der Waals surface area contributed by atoms with Crippen LogP contribution in [0.4, 0.5) is 0 Å². The van der Waals surface area contributed by atoms with Gasteiger partial charge in [-0.25, -0.2) is 0 Å². The van der Waals surface area contributed by atoms with Crippen molar-refractivity contribution < 1.29 is 36.5 Å². The van der Waals surface area contributed by atoms with Crippen LogP contribution in [0.15, 0.2) is 102 Å². The topological polar surface area (TPSA) is 124 Å². The Hall–Kier alpha value is -5.09. The molecule has 4 aromatic rings. The fourth-order valence-electron chi connectivity index (χ4n) is 7.55. The Morgan fingerprint density at radius 3 is 1.76 bits per heavy atom. The standard InChI is InChI=1S/C39H35NO8S/c1-24-14-20-27(21-15-24)49(45,46)48-26-18-16-25(17-19-26)32(41)23-47-33(42)13-3-2-8-22-40-38(43)36-34-28-9-4-5-10-29(28)35(37(36)39(40)44)31-12-7-6-11-30(31)34/h4-7,9-12,14-21,34-37H,2-3,8,13,22-23H2,1H3/t34?,35?,36-,37-/m0/s1. The molecule has 1 fully saturated rings. The normalized spacial score (nSPS) is 20.4. The molecule has 0 spiro atoms. The maximum Gasteiger partial charge on any atom is 0.339 e. The number of ether oxygens (including phenoxy) is 1. The molecule has 0 radical (unpaired) electrons. The summed E-state index contributed by atoms with van der Waals surface area (Å²) in [4.78, 5) is 53.8. The summed E-state index contributed by atoms with van der Waals surface area (Å²) in [7, 11) is -4.03. The van der Waals surface area contributed by atoms with Gasteiger partial charge in [0.1, 0.15) is 10.6 Å². The lowest BCUT2D eigenvalue weighted by Crippen LogP contribution is -2.41. The number of rotatable bonds is 12. The lowest BCUT2D eigenvalue weighted by Gasteiger charge is -2.45. The van der Waals surface area contributed by atoms with Crippen LogP contribution >= 0.6 is 0 Å². The molecular formula is C39H35NO8S. The molecule has 250 valence electrons. The van der Waals surface area contributed by atoms with Crippen LogP contribution in [0.2, 0.25) is 0 Å². The van der Waals surface area contributed by atoms with E-state index in [-0.39, 0.29) is 46.3 Å². The molecule has 2 atom stereocenters. The SMILES string of the molecule is Cc1ccc(S(=O)(=O)Oc2ccc(C(=O)COC(=O)CCCCCN3C(=O)[C@H]4C5c6ccccc6C(c6ccccc65)[C@@H]4C3=O)cc2)cc1. The van der Waals surface area contributed by atoms with Gasteiger partial charge in [0.2, 0.25) is 11.8 Å². The second-order valence-corrected chi connectivity index (χ2v) is 14.4. The van der Waals surface area contributed by atoms with Crippen LogP contribution in [0.5, 0.6) is 5.75 Å². The van der Waals surface area contributed by atoms with Crippen molar-refractivity contribution in [3.63, 3.8) is 0 Å². The Kier molecular flexibility index (Phi) is 8.66. The number of hydrogen-bond donors (Lipinski definition) is 0. The summed E-state index contributed by atoms with van der Waals surface area (Å²) in [5.41, 5.74) is 5.72. The summed E-state index contributed by atoms with van der Waals surface area (Å²) in [6, 6.07) is 28.1. The number of amides is 2. The molecule has 0 N–H and O–H groups in total. The summed E-state index contributed by atoms with van der Waals surface area (Å²) < 4.78 is 35.4. The number of aryl methyl sites for hydroxylation is 1. The largest absolute Gasteiger partial charge is 0.457 e. The van der Waals surface area contributed by atoms with Gasteiger partial charge in [-0.05, 0) is 78.4 Å². The van der Waals surface area contributed by atoms with Crippen molar-refractivity contribution in [3.05, 3.63) is 130 Å². The number of benzene rings is 4. The highest BCUT2D eigenvalue weighted by Crippen LogP contribution is 2.60. The van der Waals surface area contributed by atoms with Crippen molar-refractivity contribution in [2.75, 3.05) is 13.2 Å². The first kappa shape index (κ1) is 32.5. The molecule has 0 aromatic heterocycles. The molecule has 1 aliphatic heterocycles. The summed E-state index contributed by atoms with van der Waals surface area (Å²) >= 11 is 0. The number of esters is 1. The van der Waals surface area contributed by atoms with Crippen LogP contribution in [-0.4, -0.2) is 50.0 Å². The summed E-state index contributed by atoms with van der Waals surface area (Å²) in [6.07, 6.45) is 1.75. The number of likely N-dealkylation sites (tertiary alicyclic amines) is 1. The van der Waals surface area contributed by atoms with Gasteiger partial charge in [-0.1, -0.05) is 72.6 Å². The first-order chi connectivity index (χ1) is 23.6. The van der Waals surface area contributed by atoms with Gasteiger partial charge in [0.15, 0.2) is 12.4 Å². The number of hydrogen-bond acceptors (Lipinski definition) is 8. The van der Waals surface area contributed by atoms with Gasteiger partial charge in [-0.2, -0.15) is 8.42 Å². The van der Waals surface area contributed by atoms with Gasteiger partial charge in [-0.15, -0.1) is 0 Å². The maximum absolute atomic E-state index is 13.7. The number of imide groups is 1. The predicted molar refractivity (Wildman–Crippen MR) is 179 cm³/mol. The average molecular weight is 678 g/mol. The minimum absolute atomic E-state index is 0.0188. The van der Waals surface area contributed by atoms with Crippen molar-refractivity contribution in [3.8, 4) is 5.75 Å². The van der Waals surface area contributed by atoms with Crippen LogP contribution in [0.3, 0.4) is 0 Å². The maximum atomic E-state index is 13.7. The Morgan fingerprint density at radius 2 is 1.22 bits per heavy atom. The Labute approximate surface area is 285 Å². The van der Waals surface area contributed by atoms with Crippen LogP contribution in [-0.2, 0) is 29.2 Å². The Morgan fingerprint density at radius 1 is 0.694 bits per heavy atom. The number of Topliss-reactive ketones (excluding diaryl/α,β-unsaturated/α-hetero) is 1. The quantitative estimate of drug-likeness (QED) is 0.0594. The van der Waals surface area contributed by atoms with Gasteiger partial charge in [0.25, 0.3) is 0 Å². The molecule has 0 saturated carbocycles. The number of nitrogens with zero attached hydrogens (tertiary/aromatic N) is 1. The van der Waals surface area contributed by atoms with Gasteiger partial charge in [0, 0.05) is 30.4 Å². The number of unbranched alkanes of at least 4 members (excludes halogenated alkanes) is 2. The highest BCUT2D eigenvalue weighted by atomic mass is 32.2. The molecular weight excluding hydrogens is 642 g/mol. The van der Waals surface area contributed by atoms with Crippen LogP contribution in [0.1, 0.15) is 75.7 Å². The van der Waals surface area contributed by atoms with E-state index in [1.54, 1.807) is 12.1 Å². The third-order valence-electron chi connectivity index (χ3n) is 9.86. The third-order valence-corrected chi connectivity index (χ3v) is 11.1. The van der Waals surface area contributed by atoms with Gasteiger partial charge in [0.05, 0.1) is 11.8 Å². The highest BCUT2D eigenvalue weighted by Gasteiger charge is 2.61. The number of carbonyl (C=O) groups is 4. The number of carbonyl (C=O) groups excluding carboxylic acids is 4. The van der Waals surface area contributed by atoms with Gasteiger partial charge >= 0.3 is 16.1 Å². The minimum Gasteiger partial charge on any atom is -0.457 e. The van der Waals surface area contributed by atoms with E-state index >= 15 is 0 Å². The number of ketones is 1. The zero-order valence-electron chi connectivity index (χ0n) is 26.9. The van der Waals surface area contributed by atoms with Crippen LogP contribution < -0.4 is 4.18 Å². The van der Waals surface area contributed by atoms with Crippen molar-refractivity contribution in [1.82, 2.24) is 4.90 Å². The van der Waals surface area contributed by atoms with Crippen molar-refractivity contribution >= 4 is 33.7 Å². The van der Waals surface area contributed by atoms with E-state index in [0.29, 0.717) is 25.8 Å². The zero-order valence-corrected chi connectivity index (χ0v) is 27.7. The van der Waals surface area contributed by atoms with E-state index in [2.05, 4.69) is 24.3 Å². The third kappa shape index (κ3) is 6.05. The molecule has 2 bridgehead atoms. The zero-order chi connectivity index (χ0) is 34.3. The fourth-order valence-corrected chi connectivity index (χ4v) is 8.48. The smallest absolute Gasteiger partial charge is 0.339 e. The van der Waals surface area contributed by atoms with E-state index < -0.39 is 40.3 Å². The van der Waals surface area contributed by atoms with Crippen LogP contribution in [0, 0.1) is 18.8 Å². The van der Waals surface area contributed by atoms with Gasteiger partial charge < -0.3 is 8.92 Å². The average Bonchev–Trinajstić information content (AvgIpc) is 3.36. The van der Waals surface area contributed by atoms with Crippen LogP contribution in [0.25, 0.3) is 0 Å². The van der Waals surface area contributed by atoms with E-state index in [1.807, 2.05) is 31.2 Å². The van der Waals surface area contributed by atoms with E-state index in [1.165, 1.54) is 41.3 Å². The molecule has 8 rings (SSSR count). The molecule has 4 aromatic carbocycles. The van der Waals surface area contributed by atoms with E-state index in [4.69, 9.17) is 8.92 Å². The van der Waals surface area contributed by atoms with E-state index in [0.717, 1.165) is 27.8 Å². The molecule has 0 unspecified atom stereocenters. The predicted octanol–water partition coefficient (Wildman–Crippen LogP) is 5.94. The monoisotopic (exact) mass is 677 g/mol. The summed E-state index contributed by atoms with van der Waals surface area (Å²) in [5, 5.41) is 0. The molecule has 1 saturated heterocycles. The first-order valence-electron chi connectivity index (χ1n) is 16.5. The lowest BCUT2D eigenvalue weighted by molar-refractivity contribution is -0.143. The summed E-state index contributed by atoms with van der Waals surface area (Å²) in [6.45, 7) is 1.70. The van der Waals surface area contributed by atoms with Crippen molar-refractivity contribution in [2.45, 2.75) is 49.3 Å². The molecule has 3 aliphatic carbocycles. The minimum atomic E-state index is -4.03. The Balaban J connectivity index is 0.865. The molecule has 49 heavy (non-hydrogen) atoms. The molecule has 4 aliphatic rings. The van der Waals surface area contributed by atoms with Crippen molar-refractivity contribution in [2.24, 2.45) is 11.8 Å². The first-order valence-corrected chi connectivity index (χ1v) is 17.9. The molecule has 9 nitrogen and oxygen atoms in total. The summed E-state index contributed by atoms with van der Waals surface area (Å²) in [5.74, 6) is -2.20. The molecule has 2 amide bonds. The molecule has 10 heteroatoms. The van der Waals surface area contributed by atoms with Crippen molar-refractivity contribution in [1.29, 1.82) is 0 Å². The molecule has 1 heterocycles. The Bertz CT molecular complexity index is 1940. The van der Waals surface area contributed by atoms with E-state index in [9.17, 15) is 27.6 Å².